The van der Waals surface area contributed by atoms with Crippen molar-refractivity contribution in [2.75, 3.05) is 6.61 Å². The van der Waals surface area contributed by atoms with Gasteiger partial charge in [0.15, 0.2) is 0 Å². The zero-order chi connectivity index (χ0) is 14.2. The Kier molecular flexibility index (Phi) is 5.24. The number of unbranched alkanes of at least 4 members (excludes halogenated alkanes) is 1. The first-order chi connectivity index (χ1) is 9.77. The molecule has 0 fully saturated rings. The van der Waals surface area contributed by atoms with Crippen LogP contribution < -0.4 is 4.74 Å². The van der Waals surface area contributed by atoms with E-state index in [9.17, 15) is 0 Å². The van der Waals surface area contributed by atoms with Crippen LogP contribution >= 0.6 is 0 Å². The number of ether oxygens (including phenoxy) is 1. The lowest BCUT2D eigenvalue weighted by molar-refractivity contribution is 0.312. The van der Waals surface area contributed by atoms with Gasteiger partial charge >= 0.3 is 0 Å². The van der Waals surface area contributed by atoms with Crippen LogP contribution in [0.15, 0.2) is 66.4 Å². The molecule has 0 aliphatic rings. The van der Waals surface area contributed by atoms with Gasteiger partial charge in [-0.2, -0.15) is 0 Å². The average molecular weight is 268 g/mol. The number of aliphatic hydroxyl groups excluding tert-OH is 1. The van der Waals surface area contributed by atoms with Crippen LogP contribution in [0.5, 0.6) is 5.75 Å². The summed E-state index contributed by atoms with van der Waals surface area (Å²) in [6.45, 7) is 2.33. The lowest BCUT2D eigenvalue weighted by Crippen LogP contribution is -1.98. The number of hydrogen-bond donors (Lipinski definition) is 1. The third-order valence-electron chi connectivity index (χ3n) is 3.02. The van der Waals surface area contributed by atoms with Gasteiger partial charge in [0.1, 0.15) is 5.75 Å². The molecule has 0 atom stereocenters. The van der Waals surface area contributed by atoms with E-state index in [4.69, 9.17) is 9.84 Å². The van der Waals surface area contributed by atoms with E-state index >= 15 is 0 Å². The molecule has 0 saturated heterocycles. The van der Waals surface area contributed by atoms with E-state index in [0.717, 1.165) is 29.7 Å². The Bertz CT molecular complexity index is 555. The second kappa shape index (κ2) is 7.39. The number of benzene rings is 2. The number of hydrogen-bond acceptors (Lipinski definition) is 2. The van der Waals surface area contributed by atoms with Crippen LogP contribution in [-0.4, -0.2) is 11.7 Å². The van der Waals surface area contributed by atoms with Gasteiger partial charge in [0, 0.05) is 5.56 Å². The Hall–Kier alpha value is -2.22. The predicted octanol–water partition coefficient (Wildman–Crippen LogP) is 4.97. The molecule has 0 heterocycles. The molecule has 2 nitrogen and oxygen atoms in total. The van der Waals surface area contributed by atoms with Crippen molar-refractivity contribution in [3.63, 3.8) is 0 Å². The van der Waals surface area contributed by atoms with Crippen molar-refractivity contribution in [2.45, 2.75) is 19.8 Å². The minimum Gasteiger partial charge on any atom is -0.513 e. The maximum atomic E-state index is 9.08. The van der Waals surface area contributed by atoms with Crippen LogP contribution in [0.1, 0.15) is 19.8 Å². The maximum absolute atomic E-state index is 9.08. The second-order valence-corrected chi connectivity index (χ2v) is 4.70. The van der Waals surface area contributed by atoms with Gasteiger partial charge in [0.2, 0.25) is 0 Å². The van der Waals surface area contributed by atoms with E-state index < -0.39 is 0 Å². The topological polar surface area (TPSA) is 29.5 Å². The Morgan fingerprint density at radius 3 is 2.50 bits per heavy atom. The monoisotopic (exact) mass is 268 g/mol. The van der Waals surface area contributed by atoms with Gasteiger partial charge in [-0.05, 0) is 37.5 Å². The third-order valence-corrected chi connectivity index (χ3v) is 3.02. The quantitative estimate of drug-likeness (QED) is 0.591. The summed E-state index contributed by atoms with van der Waals surface area (Å²) in [6, 6.07) is 18.3. The predicted molar refractivity (Wildman–Crippen MR) is 83.0 cm³/mol. The zero-order valence-electron chi connectivity index (χ0n) is 11.8. The molecule has 0 saturated carbocycles. The molecule has 0 spiro atoms. The molecule has 2 aromatic carbocycles. The fraction of sp³-hybridized carbons (Fsp3) is 0.222. The fourth-order valence-electron chi connectivity index (χ4n) is 2.03. The van der Waals surface area contributed by atoms with E-state index in [2.05, 4.69) is 18.2 Å². The zero-order valence-corrected chi connectivity index (χ0v) is 11.8. The molecule has 0 aromatic heterocycles. The number of allylic oxidation sites excluding steroid dienone is 2. The number of rotatable bonds is 6. The molecule has 0 amide bonds. The van der Waals surface area contributed by atoms with E-state index in [1.165, 1.54) is 0 Å². The van der Waals surface area contributed by atoms with Gasteiger partial charge in [-0.3, -0.25) is 0 Å². The SMILES string of the molecule is CC(O)=CCCCOc1ccccc1-c1ccccc1. The molecule has 1 N–H and O–H groups in total. The minimum absolute atomic E-state index is 0.370. The summed E-state index contributed by atoms with van der Waals surface area (Å²) in [4.78, 5) is 0. The lowest BCUT2D eigenvalue weighted by atomic mass is 10.1. The van der Waals surface area contributed by atoms with Crippen LogP contribution in [0.2, 0.25) is 0 Å². The van der Waals surface area contributed by atoms with E-state index in [-0.39, 0.29) is 0 Å². The van der Waals surface area contributed by atoms with Crippen LogP contribution in [0, 0.1) is 0 Å². The normalized spacial score (nSPS) is 11.3. The highest BCUT2D eigenvalue weighted by molar-refractivity contribution is 5.70. The first-order valence-corrected chi connectivity index (χ1v) is 6.90. The molecule has 104 valence electrons. The Labute approximate surface area is 120 Å². The van der Waals surface area contributed by atoms with Crippen LogP contribution in [0.4, 0.5) is 0 Å². The molecule has 20 heavy (non-hydrogen) atoms. The van der Waals surface area contributed by atoms with E-state index in [0.29, 0.717) is 12.4 Å². The van der Waals surface area contributed by atoms with Crippen molar-refractivity contribution < 1.29 is 9.84 Å². The van der Waals surface area contributed by atoms with Crippen molar-refractivity contribution >= 4 is 0 Å². The summed E-state index contributed by atoms with van der Waals surface area (Å²) in [5.41, 5.74) is 2.27. The van der Waals surface area contributed by atoms with Crippen molar-refractivity contribution in [1.29, 1.82) is 0 Å². The third kappa shape index (κ3) is 4.16. The van der Waals surface area contributed by atoms with Crippen LogP contribution in [-0.2, 0) is 0 Å². The standard InChI is InChI=1S/C18H20O2/c1-15(19)9-7-8-14-20-18-13-6-5-12-17(18)16-10-3-2-4-11-16/h2-6,9-13,19H,7-8,14H2,1H3. The van der Waals surface area contributed by atoms with Gasteiger partial charge in [-0.25, -0.2) is 0 Å². The molecule has 0 aliphatic carbocycles. The molecule has 2 aromatic rings. The molecule has 0 aliphatic heterocycles. The van der Waals surface area contributed by atoms with Crippen molar-refractivity contribution in [3.05, 3.63) is 66.4 Å². The summed E-state index contributed by atoms with van der Waals surface area (Å²) < 4.78 is 5.86. The molecule has 0 bridgehead atoms. The largest absolute Gasteiger partial charge is 0.513 e. The fourth-order valence-corrected chi connectivity index (χ4v) is 2.03. The summed E-state index contributed by atoms with van der Waals surface area (Å²) >= 11 is 0. The second-order valence-electron chi connectivity index (χ2n) is 4.70. The highest BCUT2D eigenvalue weighted by Crippen LogP contribution is 2.29. The minimum atomic E-state index is 0.370. The van der Waals surface area contributed by atoms with Crippen LogP contribution in [0.3, 0.4) is 0 Å². The average Bonchev–Trinajstić information content (AvgIpc) is 2.48. The van der Waals surface area contributed by atoms with Gasteiger partial charge in [0.25, 0.3) is 0 Å². The summed E-state index contributed by atoms with van der Waals surface area (Å²) in [5, 5.41) is 9.08. The summed E-state index contributed by atoms with van der Waals surface area (Å²) in [7, 11) is 0. The van der Waals surface area contributed by atoms with Crippen molar-refractivity contribution in [2.24, 2.45) is 0 Å². The van der Waals surface area contributed by atoms with Crippen molar-refractivity contribution in [3.8, 4) is 16.9 Å². The van der Waals surface area contributed by atoms with Gasteiger partial charge < -0.3 is 9.84 Å². The Morgan fingerprint density at radius 1 is 1.05 bits per heavy atom. The molecular weight excluding hydrogens is 248 g/mol. The number of aliphatic hydroxyl groups is 1. The van der Waals surface area contributed by atoms with Gasteiger partial charge in [-0.15, -0.1) is 0 Å². The van der Waals surface area contributed by atoms with Crippen molar-refractivity contribution in [1.82, 2.24) is 0 Å². The first kappa shape index (κ1) is 14.2. The van der Waals surface area contributed by atoms with E-state index in [1.54, 1.807) is 6.92 Å². The first-order valence-electron chi connectivity index (χ1n) is 6.90. The highest BCUT2D eigenvalue weighted by atomic mass is 16.5. The Morgan fingerprint density at radius 2 is 1.75 bits per heavy atom. The van der Waals surface area contributed by atoms with Gasteiger partial charge in [0.05, 0.1) is 12.4 Å². The van der Waals surface area contributed by atoms with Crippen LogP contribution in [0.25, 0.3) is 11.1 Å². The van der Waals surface area contributed by atoms with Gasteiger partial charge in [-0.1, -0.05) is 48.5 Å². The molecule has 2 heteroatoms. The van der Waals surface area contributed by atoms with E-state index in [1.807, 2.05) is 42.5 Å². The summed E-state index contributed by atoms with van der Waals surface area (Å²) in [5.74, 6) is 1.28. The Balaban J connectivity index is 2.00. The lowest BCUT2D eigenvalue weighted by Gasteiger charge is -2.11. The molecular formula is C18H20O2. The molecule has 0 unspecified atom stereocenters. The smallest absolute Gasteiger partial charge is 0.127 e. The molecule has 2 rings (SSSR count). The maximum Gasteiger partial charge on any atom is 0.127 e. The highest BCUT2D eigenvalue weighted by Gasteiger charge is 2.04. The summed E-state index contributed by atoms with van der Waals surface area (Å²) in [6.07, 6.45) is 3.53. The molecule has 0 radical (unpaired) electrons. The number of para-hydroxylation sites is 1.